The number of aromatic amines is 1. The second kappa shape index (κ2) is 3.93. The Balaban J connectivity index is 1.85. The van der Waals surface area contributed by atoms with Crippen LogP contribution in [0.4, 0.5) is 0 Å². The molecule has 0 radical (unpaired) electrons. The fraction of sp³-hybridized carbons (Fsp3) is 0.188. The lowest BCUT2D eigenvalue weighted by molar-refractivity contribution is 0.134. The molecule has 3 heteroatoms. The molecule has 19 heavy (non-hydrogen) atoms. The van der Waals surface area contributed by atoms with Gasteiger partial charge in [-0.25, -0.2) is 4.98 Å². The molecule has 4 rings (SSSR count). The van der Waals surface area contributed by atoms with Crippen molar-refractivity contribution in [3.8, 4) is 11.4 Å². The summed E-state index contributed by atoms with van der Waals surface area (Å²) in [5, 5.41) is 0. The summed E-state index contributed by atoms with van der Waals surface area (Å²) in [6, 6.07) is 12.7. The molecule has 0 aliphatic carbocycles. The Morgan fingerprint density at radius 3 is 2.89 bits per heavy atom. The predicted octanol–water partition coefficient (Wildman–Crippen LogP) is 3.57. The van der Waals surface area contributed by atoms with Crippen molar-refractivity contribution in [2.75, 3.05) is 0 Å². The van der Waals surface area contributed by atoms with Crippen molar-refractivity contribution in [3.63, 3.8) is 0 Å². The van der Waals surface area contributed by atoms with Gasteiger partial charge in [0, 0.05) is 5.56 Å². The number of nitrogens with zero attached hydrogens (tertiary/aromatic N) is 1. The van der Waals surface area contributed by atoms with Crippen LogP contribution in [0.25, 0.3) is 22.4 Å². The van der Waals surface area contributed by atoms with E-state index in [4.69, 9.17) is 4.74 Å². The molecule has 1 aromatic heterocycles. The van der Waals surface area contributed by atoms with Crippen molar-refractivity contribution in [3.05, 3.63) is 53.1 Å². The minimum Gasteiger partial charge on any atom is -0.372 e. The molecule has 1 aliphatic rings. The summed E-state index contributed by atoms with van der Waals surface area (Å²) in [4.78, 5) is 8.05. The standard InChI is InChI=1S/C16H14N2O/c1-10-2-5-14-15(6-10)18-16(17-14)11-3-4-12-8-19-9-13(12)7-11/h2-7H,8-9H2,1H3,(H,17,18). The van der Waals surface area contributed by atoms with Crippen molar-refractivity contribution in [2.24, 2.45) is 0 Å². The Bertz CT molecular complexity index is 774. The molecule has 0 amide bonds. The molecular weight excluding hydrogens is 236 g/mol. The number of nitrogens with one attached hydrogen (secondary N) is 1. The zero-order valence-electron chi connectivity index (χ0n) is 10.7. The lowest BCUT2D eigenvalue weighted by atomic mass is 10.1. The number of fused-ring (bicyclic) bond motifs is 2. The van der Waals surface area contributed by atoms with Crippen LogP contribution in [0.5, 0.6) is 0 Å². The van der Waals surface area contributed by atoms with E-state index in [0.717, 1.165) is 29.0 Å². The van der Waals surface area contributed by atoms with Crippen LogP contribution in [0.2, 0.25) is 0 Å². The summed E-state index contributed by atoms with van der Waals surface area (Å²) in [5.74, 6) is 0.926. The maximum atomic E-state index is 5.45. The molecule has 0 atom stereocenters. The molecule has 0 spiro atoms. The first-order valence-electron chi connectivity index (χ1n) is 6.46. The molecule has 3 aromatic rings. The third-order valence-electron chi connectivity index (χ3n) is 3.63. The van der Waals surface area contributed by atoms with Gasteiger partial charge in [0.25, 0.3) is 0 Å². The van der Waals surface area contributed by atoms with Crippen molar-refractivity contribution >= 4 is 11.0 Å². The van der Waals surface area contributed by atoms with Gasteiger partial charge >= 0.3 is 0 Å². The molecule has 0 fully saturated rings. The van der Waals surface area contributed by atoms with E-state index in [1.165, 1.54) is 16.7 Å². The number of H-pyrrole nitrogens is 1. The highest BCUT2D eigenvalue weighted by atomic mass is 16.5. The molecule has 2 heterocycles. The second-order valence-electron chi connectivity index (χ2n) is 5.08. The van der Waals surface area contributed by atoms with Gasteiger partial charge in [0.15, 0.2) is 0 Å². The SMILES string of the molecule is Cc1ccc2nc(-c3ccc4c(c3)COC4)[nH]c2c1. The second-order valence-corrected chi connectivity index (χ2v) is 5.08. The normalized spacial score (nSPS) is 13.9. The Labute approximate surface area is 111 Å². The summed E-state index contributed by atoms with van der Waals surface area (Å²) < 4.78 is 5.45. The van der Waals surface area contributed by atoms with Gasteiger partial charge in [-0.2, -0.15) is 0 Å². The fourth-order valence-corrected chi connectivity index (χ4v) is 2.58. The first-order chi connectivity index (χ1) is 9.29. The number of benzene rings is 2. The zero-order chi connectivity index (χ0) is 12.8. The molecule has 0 saturated carbocycles. The molecule has 0 saturated heterocycles. The van der Waals surface area contributed by atoms with Crippen molar-refractivity contribution in [1.29, 1.82) is 0 Å². The predicted molar refractivity (Wildman–Crippen MR) is 74.8 cm³/mol. The summed E-state index contributed by atoms with van der Waals surface area (Å²) in [6.07, 6.45) is 0. The fourth-order valence-electron chi connectivity index (χ4n) is 2.58. The Morgan fingerprint density at radius 2 is 1.95 bits per heavy atom. The first-order valence-corrected chi connectivity index (χ1v) is 6.46. The number of hydrogen-bond donors (Lipinski definition) is 1. The maximum absolute atomic E-state index is 5.45. The average Bonchev–Trinajstić information content (AvgIpc) is 3.02. The highest BCUT2D eigenvalue weighted by Gasteiger charge is 2.13. The van der Waals surface area contributed by atoms with E-state index < -0.39 is 0 Å². The van der Waals surface area contributed by atoms with Crippen LogP contribution in [-0.4, -0.2) is 9.97 Å². The number of aromatic nitrogens is 2. The largest absolute Gasteiger partial charge is 0.372 e. The Kier molecular flexibility index (Phi) is 2.23. The lowest BCUT2D eigenvalue weighted by Gasteiger charge is -2.00. The van der Waals surface area contributed by atoms with E-state index in [2.05, 4.69) is 53.3 Å². The smallest absolute Gasteiger partial charge is 0.138 e. The topological polar surface area (TPSA) is 37.9 Å². The Morgan fingerprint density at radius 1 is 1.05 bits per heavy atom. The van der Waals surface area contributed by atoms with E-state index in [1.807, 2.05) is 0 Å². The molecule has 1 N–H and O–H groups in total. The van der Waals surface area contributed by atoms with Gasteiger partial charge in [-0.3, -0.25) is 0 Å². The number of hydrogen-bond acceptors (Lipinski definition) is 2. The summed E-state index contributed by atoms with van der Waals surface area (Å²) in [7, 11) is 0. The van der Waals surface area contributed by atoms with Crippen LogP contribution < -0.4 is 0 Å². The number of aryl methyl sites for hydroxylation is 1. The highest BCUT2D eigenvalue weighted by molar-refractivity contribution is 5.80. The van der Waals surface area contributed by atoms with Crippen molar-refractivity contribution < 1.29 is 4.74 Å². The lowest BCUT2D eigenvalue weighted by Crippen LogP contribution is -1.85. The Hall–Kier alpha value is -2.13. The van der Waals surface area contributed by atoms with Gasteiger partial charge in [0.1, 0.15) is 5.82 Å². The van der Waals surface area contributed by atoms with Crippen molar-refractivity contribution in [2.45, 2.75) is 20.1 Å². The minimum absolute atomic E-state index is 0.711. The molecule has 0 unspecified atom stereocenters. The van der Waals surface area contributed by atoms with E-state index >= 15 is 0 Å². The summed E-state index contributed by atoms with van der Waals surface area (Å²) in [6.45, 7) is 3.53. The summed E-state index contributed by atoms with van der Waals surface area (Å²) in [5.41, 5.74) is 7.03. The van der Waals surface area contributed by atoms with E-state index in [1.54, 1.807) is 0 Å². The molecule has 94 valence electrons. The third kappa shape index (κ3) is 1.74. The quantitative estimate of drug-likeness (QED) is 0.717. The highest BCUT2D eigenvalue weighted by Crippen LogP contribution is 2.27. The monoisotopic (exact) mass is 250 g/mol. The van der Waals surface area contributed by atoms with Gasteiger partial charge in [-0.05, 0) is 41.8 Å². The molecule has 3 nitrogen and oxygen atoms in total. The number of imidazole rings is 1. The van der Waals surface area contributed by atoms with Gasteiger partial charge in [0.2, 0.25) is 0 Å². The zero-order valence-corrected chi connectivity index (χ0v) is 10.7. The number of ether oxygens (including phenoxy) is 1. The van der Waals surface area contributed by atoms with E-state index in [9.17, 15) is 0 Å². The van der Waals surface area contributed by atoms with Crippen LogP contribution in [0.3, 0.4) is 0 Å². The van der Waals surface area contributed by atoms with Crippen LogP contribution in [0.1, 0.15) is 16.7 Å². The average molecular weight is 250 g/mol. The number of rotatable bonds is 1. The minimum atomic E-state index is 0.711. The molecule has 2 aromatic carbocycles. The molecular formula is C16H14N2O. The van der Waals surface area contributed by atoms with Crippen LogP contribution in [0, 0.1) is 6.92 Å². The van der Waals surface area contributed by atoms with Gasteiger partial charge in [0.05, 0.1) is 24.2 Å². The molecule has 1 aliphatic heterocycles. The van der Waals surface area contributed by atoms with Gasteiger partial charge in [-0.1, -0.05) is 18.2 Å². The van der Waals surface area contributed by atoms with Crippen LogP contribution in [-0.2, 0) is 18.0 Å². The third-order valence-corrected chi connectivity index (χ3v) is 3.63. The van der Waals surface area contributed by atoms with Gasteiger partial charge < -0.3 is 9.72 Å². The van der Waals surface area contributed by atoms with E-state index in [-0.39, 0.29) is 0 Å². The van der Waals surface area contributed by atoms with Crippen LogP contribution >= 0.6 is 0 Å². The maximum Gasteiger partial charge on any atom is 0.138 e. The van der Waals surface area contributed by atoms with E-state index in [0.29, 0.717) is 6.61 Å². The van der Waals surface area contributed by atoms with Crippen molar-refractivity contribution in [1.82, 2.24) is 9.97 Å². The summed E-state index contributed by atoms with van der Waals surface area (Å²) >= 11 is 0. The van der Waals surface area contributed by atoms with Gasteiger partial charge in [-0.15, -0.1) is 0 Å². The molecule has 0 bridgehead atoms. The van der Waals surface area contributed by atoms with Crippen LogP contribution in [0.15, 0.2) is 36.4 Å². The first kappa shape index (κ1) is 10.8.